The van der Waals surface area contributed by atoms with Crippen molar-refractivity contribution < 1.29 is 4.74 Å². The summed E-state index contributed by atoms with van der Waals surface area (Å²) in [5, 5.41) is 5.48. The summed E-state index contributed by atoms with van der Waals surface area (Å²) in [6.07, 6.45) is 5.57. The molecule has 2 saturated heterocycles. The molecule has 7 heteroatoms. The van der Waals surface area contributed by atoms with Crippen molar-refractivity contribution in [3.63, 3.8) is 0 Å². The van der Waals surface area contributed by atoms with Crippen molar-refractivity contribution in [2.24, 2.45) is 11.8 Å². The normalized spacial score (nSPS) is 30.8. The third-order valence-corrected chi connectivity index (χ3v) is 7.35. The largest absolute Gasteiger partial charge is 0.382 e. The van der Waals surface area contributed by atoms with E-state index in [1.165, 1.54) is 38.0 Å². The molecule has 2 aliphatic carbocycles. The number of piperidine rings is 1. The molecular formula is C20H24ClN5O. The molecule has 2 aromatic rings. The summed E-state index contributed by atoms with van der Waals surface area (Å²) in [5.41, 5.74) is 9.12. The number of nitrogens with two attached hydrogens (primary N) is 1. The molecule has 0 spiro atoms. The molecule has 2 N–H and O–H groups in total. The van der Waals surface area contributed by atoms with Crippen molar-refractivity contribution in [2.75, 3.05) is 32.0 Å². The van der Waals surface area contributed by atoms with Crippen LogP contribution in [0.25, 0.3) is 11.3 Å². The number of hydrogen-bond donors (Lipinski definition) is 1. The van der Waals surface area contributed by atoms with Gasteiger partial charge in [0.15, 0.2) is 0 Å². The molecule has 0 amide bonds. The minimum Gasteiger partial charge on any atom is -0.382 e. The van der Waals surface area contributed by atoms with E-state index >= 15 is 0 Å². The van der Waals surface area contributed by atoms with Gasteiger partial charge in [-0.15, -0.1) is 0 Å². The summed E-state index contributed by atoms with van der Waals surface area (Å²) >= 11 is 6.19. The van der Waals surface area contributed by atoms with Gasteiger partial charge >= 0.3 is 0 Å². The molecule has 6 rings (SSSR count). The summed E-state index contributed by atoms with van der Waals surface area (Å²) in [6.45, 7) is 4.26. The van der Waals surface area contributed by atoms with Gasteiger partial charge in [0, 0.05) is 36.5 Å². The molecule has 0 radical (unpaired) electrons. The van der Waals surface area contributed by atoms with Crippen LogP contribution in [-0.4, -0.2) is 52.0 Å². The van der Waals surface area contributed by atoms with Crippen molar-refractivity contribution in [2.45, 2.75) is 37.3 Å². The summed E-state index contributed by atoms with van der Waals surface area (Å²) in [5.74, 6) is 2.58. The Balaban J connectivity index is 1.29. The van der Waals surface area contributed by atoms with Crippen LogP contribution in [0, 0.1) is 11.8 Å². The number of anilines is 1. The Morgan fingerprint density at radius 3 is 2.48 bits per heavy atom. The third kappa shape index (κ3) is 2.53. The Hall–Kier alpha value is -1.63. The van der Waals surface area contributed by atoms with E-state index in [0.717, 1.165) is 36.3 Å². The van der Waals surface area contributed by atoms with Gasteiger partial charge in [-0.3, -0.25) is 9.58 Å². The van der Waals surface area contributed by atoms with Gasteiger partial charge in [-0.25, -0.2) is 4.98 Å². The van der Waals surface area contributed by atoms with Gasteiger partial charge in [0.1, 0.15) is 5.82 Å². The first-order chi connectivity index (χ1) is 13.2. The van der Waals surface area contributed by atoms with Gasteiger partial charge in [-0.2, -0.15) is 5.10 Å². The van der Waals surface area contributed by atoms with Crippen molar-refractivity contribution >= 4 is 17.4 Å². The summed E-state index contributed by atoms with van der Waals surface area (Å²) in [4.78, 5) is 6.84. The van der Waals surface area contributed by atoms with Crippen molar-refractivity contribution in [3.05, 3.63) is 29.0 Å². The van der Waals surface area contributed by atoms with E-state index in [0.29, 0.717) is 28.8 Å². The molecule has 2 saturated carbocycles. The fourth-order valence-electron chi connectivity index (χ4n) is 5.04. The number of aromatic nitrogens is 3. The number of nitrogens with zero attached hydrogens (tertiary/aromatic N) is 4. The highest BCUT2D eigenvalue weighted by atomic mass is 35.5. The maximum atomic E-state index is 6.19. The smallest absolute Gasteiger partial charge is 0.142 e. The van der Waals surface area contributed by atoms with Gasteiger partial charge in [-0.05, 0) is 43.2 Å². The molecule has 6 nitrogen and oxygen atoms in total. The molecular weight excluding hydrogens is 362 g/mol. The second-order valence-corrected chi connectivity index (χ2v) is 8.98. The summed E-state index contributed by atoms with van der Waals surface area (Å²) in [6, 6.07) is 5.38. The van der Waals surface area contributed by atoms with E-state index < -0.39 is 0 Å². The highest BCUT2D eigenvalue weighted by Gasteiger charge is 2.59. The maximum absolute atomic E-state index is 6.19. The van der Waals surface area contributed by atoms with Crippen LogP contribution < -0.4 is 5.73 Å². The molecule has 2 aromatic heterocycles. The van der Waals surface area contributed by atoms with Crippen molar-refractivity contribution in [1.82, 2.24) is 19.7 Å². The lowest BCUT2D eigenvalue weighted by atomic mass is 9.93. The minimum atomic E-state index is 0.371. The number of ether oxygens (including phenoxy) is 1. The van der Waals surface area contributed by atoms with Crippen LogP contribution in [0.3, 0.4) is 0 Å². The Labute approximate surface area is 163 Å². The van der Waals surface area contributed by atoms with E-state index in [2.05, 4.69) is 20.6 Å². The second kappa shape index (κ2) is 5.93. The topological polar surface area (TPSA) is 69.2 Å². The Kier molecular flexibility index (Phi) is 3.59. The monoisotopic (exact) mass is 385 g/mol. The number of nitrogen functional groups attached to an aromatic ring is 1. The van der Waals surface area contributed by atoms with Gasteiger partial charge < -0.3 is 10.5 Å². The van der Waals surface area contributed by atoms with Crippen LogP contribution in [0.1, 0.15) is 36.9 Å². The molecule has 2 unspecified atom stereocenters. The standard InChI is InChI=1S/C20H24ClN5O/c21-16-4-11(6-23-20(16)22)17-5-18(26(24-17)12-2-1-3-12)19-14-7-25(8-15(14)19)13-9-27-10-13/h4-6,12-15,19H,1-3,7-10H2,(H2,22,23). The van der Waals surface area contributed by atoms with Crippen LogP contribution in [0.4, 0.5) is 5.82 Å². The number of rotatable bonds is 4. The van der Waals surface area contributed by atoms with Gasteiger partial charge in [0.2, 0.25) is 0 Å². The molecule has 0 bridgehead atoms. The first-order valence-electron chi connectivity index (χ1n) is 10.0. The van der Waals surface area contributed by atoms with Crippen LogP contribution in [0.2, 0.25) is 5.02 Å². The molecule has 142 valence electrons. The van der Waals surface area contributed by atoms with Crippen molar-refractivity contribution in [1.29, 1.82) is 0 Å². The average molecular weight is 386 g/mol. The molecule has 2 atom stereocenters. The number of pyridine rings is 1. The number of fused-ring (bicyclic) bond motifs is 1. The van der Waals surface area contributed by atoms with Crippen LogP contribution in [0.15, 0.2) is 18.3 Å². The van der Waals surface area contributed by atoms with Gasteiger partial charge in [-0.1, -0.05) is 11.6 Å². The second-order valence-electron chi connectivity index (χ2n) is 8.57. The van der Waals surface area contributed by atoms with Crippen molar-refractivity contribution in [3.8, 4) is 11.3 Å². The van der Waals surface area contributed by atoms with E-state index in [9.17, 15) is 0 Å². The lowest BCUT2D eigenvalue weighted by molar-refractivity contribution is -0.0610. The summed E-state index contributed by atoms with van der Waals surface area (Å²) in [7, 11) is 0. The molecule has 4 heterocycles. The lowest BCUT2D eigenvalue weighted by Gasteiger charge is -2.36. The van der Waals surface area contributed by atoms with Crippen LogP contribution in [-0.2, 0) is 4.74 Å². The van der Waals surface area contributed by atoms with Gasteiger partial charge in [0.25, 0.3) is 0 Å². The number of halogens is 1. The third-order valence-electron chi connectivity index (χ3n) is 7.05. The minimum absolute atomic E-state index is 0.371. The SMILES string of the molecule is Nc1ncc(-c2cc(C3C4CN(C5COC5)CC43)n(C3CCC3)n2)cc1Cl. The number of likely N-dealkylation sites (tertiary alicyclic amines) is 1. The van der Waals surface area contributed by atoms with Gasteiger partial charge in [0.05, 0.1) is 36.0 Å². The molecule has 27 heavy (non-hydrogen) atoms. The van der Waals surface area contributed by atoms with E-state index in [-0.39, 0.29) is 0 Å². The Morgan fingerprint density at radius 1 is 1.11 bits per heavy atom. The van der Waals surface area contributed by atoms with E-state index in [1.54, 1.807) is 6.20 Å². The first-order valence-corrected chi connectivity index (χ1v) is 10.4. The zero-order valence-electron chi connectivity index (χ0n) is 15.2. The Morgan fingerprint density at radius 2 is 1.89 bits per heavy atom. The fraction of sp³-hybridized carbons (Fsp3) is 0.600. The van der Waals surface area contributed by atoms with Crippen LogP contribution >= 0.6 is 11.6 Å². The van der Waals surface area contributed by atoms with E-state index in [4.69, 9.17) is 27.2 Å². The van der Waals surface area contributed by atoms with Crippen LogP contribution in [0.5, 0.6) is 0 Å². The maximum Gasteiger partial charge on any atom is 0.142 e. The first kappa shape index (κ1) is 16.3. The summed E-state index contributed by atoms with van der Waals surface area (Å²) < 4.78 is 7.69. The highest BCUT2D eigenvalue weighted by Crippen LogP contribution is 2.59. The zero-order valence-corrected chi connectivity index (χ0v) is 16.0. The highest BCUT2D eigenvalue weighted by molar-refractivity contribution is 6.33. The Bertz CT molecular complexity index is 878. The lowest BCUT2D eigenvalue weighted by Crippen LogP contribution is -2.48. The molecule has 0 aromatic carbocycles. The predicted molar refractivity (Wildman–Crippen MR) is 104 cm³/mol. The molecule has 4 aliphatic rings. The fourth-order valence-corrected chi connectivity index (χ4v) is 5.21. The predicted octanol–water partition coefficient (Wildman–Crippen LogP) is 2.95. The quantitative estimate of drug-likeness (QED) is 0.876. The zero-order chi connectivity index (χ0) is 18.1. The average Bonchev–Trinajstić information content (AvgIpc) is 2.92. The van der Waals surface area contributed by atoms with E-state index in [1.807, 2.05) is 6.07 Å². The molecule has 2 aliphatic heterocycles. The number of hydrogen-bond acceptors (Lipinski definition) is 5. The molecule has 4 fully saturated rings.